The van der Waals surface area contributed by atoms with Gasteiger partial charge in [-0.25, -0.2) is 4.68 Å². The van der Waals surface area contributed by atoms with Crippen LogP contribution in [0, 0.1) is 13.8 Å². The number of hydrogen-bond donors (Lipinski definition) is 0. The molecule has 0 saturated heterocycles. The first-order valence-corrected chi connectivity index (χ1v) is 7.46. The zero-order valence-corrected chi connectivity index (χ0v) is 13.2. The minimum absolute atomic E-state index is 0.0700. The lowest BCUT2D eigenvalue weighted by Gasteiger charge is -2.07. The highest BCUT2D eigenvalue weighted by Crippen LogP contribution is 2.46. The SMILES string of the molecule is Cc1cc(C)n(C(=O)Cn2nc(C(F)(F)F)c(Cl)c2C2CC2)n1. The molecule has 23 heavy (non-hydrogen) atoms. The van der Waals surface area contributed by atoms with Crippen molar-refractivity contribution >= 4 is 17.5 Å². The van der Waals surface area contributed by atoms with Crippen LogP contribution in [-0.4, -0.2) is 25.5 Å². The number of rotatable bonds is 3. The Morgan fingerprint density at radius 1 is 1.35 bits per heavy atom. The first-order chi connectivity index (χ1) is 10.7. The van der Waals surface area contributed by atoms with Gasteiger partial charge in [-0.1, -0.05) is 11.6 Å². The molecule has 0 spiro atoms. The number of alkyl halides is 3. The largest absolute Gasteiger partial charge is 0.436 e. The maximum absolute atomic E-state index is 13.0. The fraction of sp³-hybridized carbons (Fsp3) is 0.500. The van der Waals surface area contributed by atoms with E-state index in [2.05, 4.69) is 10.2 Å². The van der Waals surface area contributed by atoms with Crippen LogP contribution in [0.1, 0.15) is 46.3 Å². The van der Waals surface area contributed by atoms with Crippen LogP contribution in [0.15, 0.2) is 6.07 Å². The van der Waals surface area contributed by atoms with Crippen molar-refractivity contribution in [2.45, 2.75) is 45.3 Å². The molecule has 1 aliphatic rings. The van der Waals surface area contributed by atoms with Gasteiger partial charge in [0.15, 0.2) is 5.69 Å². The molecule has 0 amide bonds. The molecule has 2 heterocycles. The molecule has 0 atom stereocenters. The third-order valence-electron chi connectivity index (χ3n) is 3.69. The molecule has 0 N–H and O–H groups in total. The predicted molar refractivity (Wildman–Crippen MR) is 76.5 cm³/mol. The van der Waals surface area contributed by atoms with Crippen molar-refractivity contribution in [3.8, 4) is 0 Å². The Kier molecular flexibility index (Phi) is 3.74. The molecule has 1 aliphatic carbocycles. The fourth-order valence-electron chi connectivity index (χ4n) is 2.58. The van der Waals surface area contributed by atoms with Crippen LogP contribution in [0.4, 0.5) is 13.2 Å². The lowest BCUT2D eigenvalue weighted by molar-refractivity contribution is -0.141. The summed E-state index contributed by atoms with van der Waals surface area (Å²) in [6.07, 6.45) is -3.15. The van der Waals surface area contributed by atoms with Crippen LogP contribution in [0.25, 0.3) is 0 Å². The highest BCUT2D eigenvalue weighted by atomic mass is 35.5. The number of halogens is 4. The Labute approximate surface area is 135 Å². The zero-order valence-electron chi connectivity index (χ0n) is 12.5. The van der Waals surface area contributed by atoms with E-state index in [-0.39, 0.29) is 18.2 Å². The van der Waals surface area contributed by atoms with E-state index in [1.54, 1.807) is 19.9 Å². The van der Waals surface area contributed by atoms with Gasteiger partial charge in [0.05, 0.1) is 16.4 Å². The van der Waals surface area contributed by atoms with E-state index in [9.17, 15) is 18.0 Å². The van der Waals surface area contributed by atoms with Gasteiger partial charge in [-0.2, -0.15) is 23.4 Å². The van der Waals surface area contributed by atoms with Crippen LogP contribution in [0.5, 0.6) is 0 Å². The summed E-state index contributed by atoms with van der Waals surface area (Å²) in [7, 11) is 0. The van der Waals surface area contributed by atoms with E-state index in [0.717, 1.165) is 17.5 Å². The second-order valence-electron chi connectivity index (χ2n) is 5.71. The van der Waals surface area contributed by atoms with E-state index < -0.39 is 22.8 Å². The van der Waals surface area contributed by atoms with Gasteiger partial charge in [-0.05, 0) is 32.8 Å². The third-order valence-corrected chi connectivity index (χ3v) is 4.07. The Morgan fingerprint density at radius 3 is 2.48 bits per heavy atom. The van der Waals surface area contributed by atoms with Crippen LogP contribution < -0.4 is 0 Å². The molecule has 1 saturated carbocycles. The molecular formula is C14H14ClF3N4O. The highest BCUT2D eigenvalue weighted by molar-refractivity contribution is 6.32. The van der Waals surface area contributed by atoms with Crippen molar-refractivity contribution in [1.82, 2.24) is 19.6 Å². The average Bonchev–Trinajstić information content (AvgIpc) is 3.11. The van der Waals surface area contributed by atoms with Crippen molar-refractivity contribution in [1.29, 1.82) is 0 Å². The van der Waals surface area contributed by atoms with Gasteiger partial charge in [0.2, 0.25) is 0 Å². The molecule has 9 heteroatoms. The van der Waals surface area contributed by atoms with Gasteiger partial charge in [0.1, 0.15) is 6.54 Å². The van der Waals surface area contributed by atoms with Gasteiger partial charge in [0.25, 0.3) is 5.91 Å². The minimum Gasteiger partial charge on any atom is -0.270 e. The quantitative estimate of drug-likeness (QED) is 0.853. The maximum atomic E-state index is 13.0. The van der Waals surface area contributed by atoms with Gasteiger partial charge < -0.3 is 0 Å². The summed E-state index contributed by atoms with van der Waals surface area (Å²) < 4.78 is 41.2. The molecule has 1 fully saturated rings. The Hall–Kier alpha value is -1.83. The fourth-order valence-corrected chi connectivity index (χ4v) is 2.97. The predicted octanol–water partition coefficient (Wildman–Crippen LogP) is 3.59. The number of aromatic nitrogens is 4. The summed E-state index contributed by atoms with van der Waals surface area (Å²) in [4.78, 5) is 12.3. The molecule has 5 nitrogen and oxygen atoms in total. The molecular weight excluding hydrogens is 333 g/mol. The van der Waals surface area contributed by atoms with Crippen LogP contribution in [0.2, 0.25) is 5.02 Å². The number of nitrogens with zero attached hydrogens (tertiary/aromatic N) is 4. The Balaban J connectivity index is 1.96. The normalized spacial score (nSPS) is 15.2. The Morgan fingerprint density at radius 2 is 2.00 bits per heavy atom. The molecule has 0 radical (unpaired) electrons. The summed E-state index contributed by atoms with van der Waals surface area (Å²) in [6, 6.07) is 1.72. The molecule has 0 unspecified atom stereocenters. The molecule has 0 aliphatic heterocycles. The van der Waals surface area contributed by atoms with Crippen LogP contribution in [0.3, 0.4) is 0 Å². The first-order valence-electron chi connectivity index (χ1n) is 7.08. The first kappa shape index (κ1) is 16.0. The van der Waals surface area contributed by atoms with Crippen LogP contribution in [-0.2, 0) is 12.7 Å². The topological polar surface area (TPSA) is 52.7 Å². The summed E-state index contributed by atoms with van der Waals surface area (Å²) in [5.41, 5.74) is 0.429. The molecule has 2 aromatic rings. The van der Waals surface area contributed by atoms with Crippen molar-refractivity contribution in [3.05, 3.63) is 33.9 Å². The summed E-state index contributed by atoms with van der Waals surface area (Å²) >= 11 is 5.88. The zero-order chi connectivity index (χ0) is 16.9. The third kappa shape index (κ3) is 2.99. The molecule has 0 aromatic carbocycles. The molecule has 0 bridgehead atoms. The van der Waals surface area contributed by atoms with E-state index in [1.165, 1.54) is 4.68 Å². The highest BCUT2D eigenvalue weighted by Gasteiger charge is 2.42. The van der Waals surface area contributed by atoms with E-state index in [0.29, 0.717) is 11.4 Å². The lowest BCUT2D eigenvalue weighted by Crippen LogP contribution is -2.22. The monoisotopic (exact) mass is 346 g/mol. The standard InChI is InChI=1S/C14H14ClF3N4O/c1-7-5-8(2)22(19-7)10(23)6-21-12(9-3-4-9)11(15)13(20-21)14(16,17)18/h5,9H,3-4,6H2,1-2H3. The summed E-state index contributed by atoms with van der Waals surface area (Å²) in [5.74, 6) is -0.523. The number of hydrogen-bond acceptors (Lipinski definition) is 3. The van der Waals surface area contributed by atoms with Crippen molar-refractivity contribution < 1.29 is 18.0 Å². The maximum Gasteiger partial charge on any atom is 0.436 e. The minimum atomic E-state index is -4.65. The second kappa shape index (κ2) is 5.36. The second-order valence-corrected chi connectivity index (χ2v) is 6.09. The van der Waals surface area contributed by atoms with Crippen molar-refractivity contribution in [2.24, 2.45) is 0 Å². The van der Waals surface area contributed by atoms with E-state index in [4.69, 9.17) is 11.6 Å². The van der Waals surface area contributed by atoms with Gasteiger partial charge in [0, 0.05) is 11.6 Å². The molecule has 3 rings (SSSR count). The average molecular weight is 347 g/mol. The van der Waals surface area contributed by atoms with E-state index >= 15 is 0 Å². The van der Waals surface area contributed by atoms with Gasteiger partial charge in [-0.3, -0.25) is 9.48 Å². The number of carbonyl (C=O) groups is 1. The lowest BCUT2D eigenvalue weighted by atomic mass is 10.2. The molecule has 124 valence electrons. The molecule has 2 aromatic heterocycles. The van der Waals surface area contributed by atoms with Crippen molar-refractivity contribution in [3.63, 3.8) is 0 Å². The summed E-state index contributed by atoms with van der Waals surface area (Å²) in [6.45, 7) is 3.11. The van der Waals surface area contributed by atoms with Gasteiger partial charge in [-0.15, -0.1) is 0 Å². The van der Waals surface area contributed by atoms with E-state index in [1.807, 2.05) is 0 Å². The Bertz CT molecular complexity index is 774. The number of aryl methyl sites for hydroxylation is 2. The van der Waals surface area contributed by atoms with Crippen molar-refractivity contribution in [2.75, 3.05) is 0 Å². The van der Waals surface area contributed by atoms with Crippen LogP contribution >= 0.6 is 11.6 Å². The smallest absolute Gasteiger partial charge is 0.270 e. The van der Waals surface area contributed by atoms with Gasteiger partial charge >= 0.3 is 6.18 Å². The summed E-state index contributed by atoms with van der Waals surface area (Å²) in [5, 5.41) is 7.19. The number of carbonyl (C=O) groups excluding carboxylic acids is 1.